The van der Waals surface area contributed by atoms with Gasteiger partial charge in [0, 0.05) is 48.3 Å². The number of rotatable bonds is 5. The molecule has 5 N–H and O–H groups in total. The van der Waals surface area contributed by atoms with Crippen molar-refractivity contribution in [1.29, 1.82) is 0 Å². The van der Waals surface area contributed by atoms with Gasteiger partial charge >= 0.3 is 0 Å². The average Bonchev–Trinajstić information content (AvgIpc) is 2.61. The maximum atomic E-state index is 9.75. The van der Waals surface area contributed by atoms with E-state index in [0.717, 1.165) is 28.2 Å². The van der Waals surface area contributed by atoms with Gasteiger partial charge in [0.1, 0.15) is 5.82 Å². The molecule has 3 rings (SSSR count). The summed E-state index contributed by atoms with van der Waals surface area (Å²) in [4.78, 5) is 14.9. The fourth-order valence-electron chi connectivity index (χ4n) is 2.88. The summed E-state index contributed by atoms with van der Waals surface area (Å²) in [5.74, 6) is 1.00. The van der Waals surface area contributed by atoms with Gasteiger partial charge in [0.15, 0.2) is 0 Å². The third-order valence-electron chi connectivity index (χ3n) is 4.10. The Morgan fingerprint density at radius 2 is 2.00 bits per heavy atom. The van der Waals surface area contributed by atoms with E-state index in [1.165, 1.54) is 0 Å². The second-order valence-corrected chi connectivity index (χ2v) is 7.71. The normalized spacial score (nSPS) is 14.8. The molecule has 0 fully saturated rings. The van der Waals surface area contributed by atoms with Crippen LogP contribution in [0, 0.1) is 0 Å². The molecule has 3 heterocycles. The minimum Gasteiger partial charge on any atom is -0.394 e. The molecule has 2 aromatic heterocycles. The Hall–Kier alpha value is -2.71. The number of fused-ring (bicyclic) bond motifs is 1. The van der Waals surface area contributed by atoms with Crippen LogP contribution in [0.1, 0.15) is 31.9 Å². The van der Waals surface area contributed by atoms with Crippen molar-refractivity contribution in [3.8, 4) is 11.3 Å². The molecule has 1 aliphatic heterocycles. The van der Waals surface area contributed by atoms with E-state index in [4.69, 9.17) is 15.8 Å². The van der Waals surface area contributed by atoms with Crippen molar-refractivity contribution < 1.29 is 10.2 Å². The van der Waals surface area contributed by atoms with E-state index in [9.17, 15) is 5.11 Å². The highest BCUT2D eigenvalue weighted by Crippen LogP contribution is 2.31. The summed E-state index contributed by atoms with van der Waals surface area (Å²) in [5, 5.41) is 22.3. The highest BCUT2D eigenvalue weighted by molar-refractivity contribution is 5.71. The monoisotopic (exact) mass is 370 g/mol. The van der Waals surface area contributed by atoms with Crippen LogP contribution in [0.4, 0.5) is 11.8 Å². The summed E-state index contributed by atoms with van der Waals surface area (Å²) in [6.45, 7) is 6.91. The van der Waals surface area contributed by atoms with Crippen LogP contribution in [0.2, 0.25) is 0 Å². The number of hydrogen-bond acceptors (Lipinski definition) is 8. The number of hydrogen-bond donors (Lipinski definition) is 4. The van der Waals surface area contributed by atoms with Crippen molar-refractivity contribution in [3.63, 3.8) is 0 Å². The van der Waals surface area contributed by atoms with Crippen molar-refractivity contribution in [3.05, 3.63) is 35.8 Å². The molecule has 27 heavy (non-hydrogen) atoms. The summed E-state index contributed by atoms with van der Waals surface area (Å²) in [6.07, 6.45) is 6.45. The van der Waals surface area contributed by atoms with E-state index in [1.54, 1.807) is 12.4 Å². The topological polar surface area (TPSA) is 120 Å². The number of anilines is 2. The zero-order valence-corrected chi connectivity index (χ0v) is 15.8. The van der Waals surface area contributed by atoms with Gasteiger partial charge in [0.2, 0.25) is 5.95 Å². The summed E-state index contributed by atoms with van der Waals surface area (Å²) in [5.41, 5.74) is 9.04. The van der Waals surface area contributed by atoms with E-state index in [2.05, 4.69) is 36.1 Å². The number of aromatic nitrogens is 3. The van der Waals surface area contributed by atoms with Crippen LogP contribution in [-0.2, 0) is 6.54 Å². The van der Waals surface area contributed by atoms with Gasteiger partial charge < -0.3 is 26.2 Å². The minimum atomic E-state index is -0.783. The van der Waals surface area contributed by atoms with E-state index in [0.29, 0.717) is 13.1 Å². The van der Waals surface area contributed by atoms with Crippen LogP contribution in [-0.4, -0.2) is 54.9 Å². The van der Waals surface area contributed by atoms with Gasteiger partial charge in [-0.15, -0.1) is 0 Å². The first-order valence-electron chi connectivity index (χ1n) is 8.86. The smallest absolute Gasteiger partial charge is 0.219 e. The Kier molecular flexibility index (Phi) is 5.29. The quantitative estimate of drug-likeness (QED) is 0.624. The van der Waals surface area contributed by atoms with Crippen molar-refractivity contribution in [2.75, 3.05) is 24.2 Å². The molecule has 0 amide bonds. The fourth-order valence-corrected chi connectivity index (χ4v) is 2.88. The lowest BCUT2D eigenvalue weighted by Crippen LogP contribution is -2.33. The molecule has 0 bridgehead atoms. The molecule has 0 saturated heterocycles. The molecular formula is C19H26N6O2. The molecule has 0 radical (unpaired) electrons. The second-order valence-electron chi connectivity index (χ2n) is 7.71. The summed E-state index contributed by atoms with van der Waals surface area (Å²) >= 11 is 0. The first kappa shape index (κ1) is 19.1. The van der Waals surface area contributed by atoms with E-state index in [-0.39, 0.29) is 18.1 Å². The Bertz CT molecular complexity index is 829. The molecule has 1 unspecified atom stereocenters. The Balaban J connectivity index is 2.00. The van der Waals surface area contributed by atoms with Crippen LogP contribution in [0.3, 0.4) is 0 Å². The SMILES string of the molecule is CC(C)(C)Nc1nc(-c2cnc(N)nc2)cc2c1CN(CC(O)CO)C=C2. The predicted molar refractivity (Wildman–Crippen MR) is 106 cm³/mol. The van der Waals surface area contributed by atoms with Crippen LogP contribution in [0.5, 0.6) is 0 Å². The fraction of sp³-hybridized carbons (Fsp3) is 0.421. The van der Waals surface area contributed by atoms with Gasteiger partial charge in [0.25, 0.3) is 0 Å². The van der Waals surface area contributed by atoms with Crippen LogP contribution in [0.15, 0.2) is 24.7 Å². The molecule has 8 nitrogen and oxygen atoms in total. The van der Waals surface area contributed by atoms with Crippen LogP contribution in [0.25, 0.3) is 17.3 Å². The molecule has 0 aromatic carbocycles. The van der Waals surface area contributed by atoms with E-state index < -0.39 is 6.10 Å². The molecule has 1 atom stereocenters. The van der Waals surface area contributed by atoms with Gasteiger partial charge in [-0.05, 0) is 38.5 Å². The van der Waals surface area contributed by atoms with E-state index >= 15 is 0 Å². The lowest BCUT2D eigenvalue weighted by atomic mass is 10.0. The minimum absolute atomic E-state index is 0.173. The third kappa shape index (κ3) is 4.72. The predicted octanol–water partition coefficient (Wildman–Crippen LogP) is 1.47. The molecule has 1 aliphatic rings. The van der Waals surface area contributed by atoms with Gasteiger partial charge in [-0.1, -0.05) is 0 Å². The third-order valence-corrected chi connectivity index (χ3v) is 4.10. The van der Waals surface area contributed by atoms with Crippen LogP contribution < -0.4 is 11.1 Å². The molecule has 2 aromatic rings. The molecule has 8 heteroatoms. The number of nitrogens with one attached hydrogen (secondary N) is 1. The van der Waals surface area contributed by atoms with Crippen molar-refractivity contribution in [1.82, 2.24) is 19.9 Å². The number of aliphatic hydroxyl groups is 2. The highest BCUT2D eigenvalue weighted by atomic mass is 16.3. The Morgan fingerprint density at radius 3 is 2.63 bits per heavy atom. The number of nitrogen functional groups attached to an aromatic ring is 1. The van der Waals surface area contributed by atoms with Crippen molar-refractivity contribution in [2.24, 2.45) is 0 Å². The van der Waals surface area contributed by atoms with Crippen molar-refractivity contribution in [2.45, 2.75) is 39.0 Å². The van der Waals surface area contributed by atoms with Crippen molar-refractivity contribution >= 4 is 17.8 Å². The van der Waals surface area contributed by atoms with Gasteiger partial charge in [-0.2, -0.15) is 0 Å². The zero-order chi connectivity index (χ0) is 19.6. The summed E-state index contributed by atoms with van der Waals surface area (Å²) < 4.78 is 0. The van der Waals surface area contributed by atoms with Gasteiger partial charge in [-0.3, -0.25) is 0 Å². The van der Waals surface area contributed by atoms with E-state index in [1.807, 2.05) is 23.2 Å². The van der Waals surface area contributed by atoms with Gasteiger partial charge in [0.05, 0.1) is 18.4 Å². The first-order chi connectivity index (χ1) is 12.7. The first-order valence-corrected chi connectivity index (χ1v) is 8.86. The molecule has 0 saturated carbocycles. The molecule has 0 spiro atoms. The van der Waals surface area contributed by atoms with Crippen LogP contribution >= 0.6 is 0 Å². The standard InChI is InChI=1S/C19H26N6O2/c1-19(2,3)24-17-15-10-25(9-14(27)11-26)5-4-12(15)6-16(23-17)13-7-21-18(20)22-8-13/h4-8,14,26-27H,9-11H2,1-3H3,(H,23,24)(H2,20,21,22). The Labute approximate surface area is 158 Å². The maximum absolute atomic E-state index is 9.75. The molecule has 144 valence electrons. The largest absolute Gasteiger partial charge is 0.394 e. The number of aliphatic hydroxyl groups excluding tert-OH is 2. The lowest BCUT2D eigenvalue weighted by molar-refractivity contribution is 0.0700. The zero-order valence-electron chi connectivity index (χ0n) is 15.8. The molecular weight excluding hydrogens is 344 g/mol. The number of β-amino-alcohol motifs (C(OH)–C–C–N with tert-alkyl or cyclic N) is 1. The lowest BCUT2D eigenvalue weighted by Gasteiger charge is -2.31. The summed E-state index contributed by atoms with van der Waals surface area (Å²) in [7, 11) is 0. The maximum Gasteiger partial charge on any atom is 0.219 e. The average molecular weight is 370 g/mol. The van der Waals surface area contributed by atoms with Gasteiger partial charge in [-0.25, -0.2) is 15.0 Å². The second kappa shape index (κ2) is 7.50. The Morgan fingerprint density at radius 1 is 1.30 bits per heavy atom. The number of pyridine rings is 1. The highest BCUT2D eigenvalue weighted by Gasteiger charge is 2.22. The summed E-state index contributed by atoms with van der Waals surface area (Å²) in [6, 6.07) is 1.99. The molecule has 0 aliphatic carbocycles. The number of nitrogens with zero attached hydrogens (tertiary/aromatic N) is 4. The number of nitrogens with two attached hydrogens (primary N) is 1.